The normalized spacial score (nSPS) is 23.3. The molecular formula is C24H41N5O2. The van der Waals surface area contributed by atoms with Crippen LogP contribution in [0.4, 0.5) is 0 Å². The Bertz CT molecular complexity index is 690. The molecular weight excluding hydrogens is 390 g/mol. The van der Waals surface area contributed by atoms with Crippen LogP contribution in [0.3, 0.4) is 0 Å². The standard InChI is InChI=1S/C24H41N5O2/c1-5-25-24(27-22-18-29(19(2)3)17-20(22)4)26-16-21-8-6-7-9-23(21)31-15-12-28-10-13-30-14-11-28/h6-9,19-20,22H,5,10-18H2,1-4H3,(H2,25,26,27). The van der Waals surface area contributed by atoms with E-state index in [1.54, 1.807) is 0 Å². The molecule has 0 radical (unpaired) electrons. The Labute approximate surface area is 188 Å². The van der Waals surface area contributed by atoms with Crippen LogP contribution in [0, 0.1) is 5.92 Å². The minimum absolute atomic E-state index is 0.417. The van der Waals surface area contributed by atoms with Crippen molar-refractivity contribution in [1.29, 1.82) is 0 Å². The lowest BCUT2D eigenvalue weighted by Crippen LogP contribution is -2.46. The van der Waals surface area contributed by atoms with Crippen molar-refractivity contribution >= 4 is 5.96 Å². The molecule has 2 aliphatic heterocycles. The van der Waals surface area contributed by atoms with E-state index in [4.69, 9.17) is 14.5 Å². The Kier molecular flexibility index (Phi) is 9.43. The average Bonchev–Trinajstić information content (AvgIpc) is 3.14. The van der Waals surface area contributed by atoms with Gasteiger partial charge < -0.3 is 20.1 Å². The van der Waals surface area contributed by atoms with E-state index in [9.17, 15) is 0 Å². The number of rotatable bonds is 9. The van der Waals surface area contributed by atoms with E-state index in [-0.39, 0.29) is 0 Å². The lowest BCUT2D eigenvalue weighted by Gasteiger charge is -2.26. The number of benzene rings is 1. The van der Waals surface area contributed by atoms with Crippen molar-refractivity contribution in [2.24, 2.45) is 10.9 Å². The van der Waals surface area contributed by atoms with Gasteiger partial charge in [0.2, 0.25) is 0 Å². The number of hydrogen-bond donors (Lipinski definition) is 2. The maximum atomic E-state index is 6.12. The van der Waals surface area contributed by atoms with Gasteiger partial charge in [0.25, 0.3) is 0 Å². The van der Waals surface area contributed by atoms with Crippen molar-refractivity contribution in [3.8, 4) is 5.75 Å². The number of ether oxygens (including phenoxy) is 2. The van der Waals surface area contributed by atoms with E-state index in [1.807, 2.05) is 12.1 Å². The van der Waals surface area contributed by atoms with E-state index in [1.165, 1.54) is 0 Å². The van der Waals surface area contributed by atoms with Crippen molar-refractivity contribution in [3.63, 3.8) is 0 Å². The van der Waals surface area contributed by atoms with Crippen molar-refractivity contribution in [2.45, 2.75) is 46.3 Å². The van der Waals surface area contributed by atoms with Gasteiger partial charge in [-0.15, -0.1) is 0 Å². The van der Waals surface area contributed by atoms with E-state index < -0.39 is 0 Å². The summed E-state index contributed by atoms with van der Waals surface area (Å²) in [4.78, 5) is 9.80. The molecule has 7 heteroatoms. The lowest BCUT2D eigenvalue weighted by atomic mass is 10.1. The van der Waals surface area contributed by atoms with Gasteiger partial charge in [-0.2, -0.15) is 0 Å². The van der Waals surface area contributed by atoms with Crippen LogP contribution < -0.4 is 15.4 Å². The molecule has 0 amide bonds. The average molecular weight is 432 g/mol. The predicted octanol–water partition coefficient (Wildman–Crippen LogP) is 2.18. The number of likely N-dealkylation sites (tertiary alicyclic amines) is 1. The number of guanidine groups is 1. The fourth-order valence-electron chi connectivity index (χ4n) is 4.16. The second-order valence-corrected chi connectivity index (χ2v) is 8.88. The fraction of sp³-hybridized carbons (Fsp3) is 0.708. The quantitative estimate of drug-likeness (QED) is 0.462. The van der Waals surface area contributed by atoms with Gasteiger partial charge in [-0.05, 0) is 32.8 Å². The minimum Gasteiger partial charge on any atom is -0.492 e. The SMILES string of the molecule is CCNC(=NCc1ccccc1OCCN1CCOCC1)NC1CN(C(C)C)CC1C. The second-order valence-electron chi connectivity index (χ2n) is 8.88. The summed E-state index contributed by atoms with van der Waals surface area (Å²) in [6.45, 7) is 17.8. The Morgan fingerprint density at radius 2 is 2.00 bits per heavy atom. The number of nitrogens with zero attached hydrogens (tertiary/aromatic N) is 3. The van der Waals surface area contributed by atoms with Gasteiger partial charge in [-0.3, -0.25) is 9.80 Å². The van der Waals surface area contributed by atoms with Crippen molar-refractivity contribution in [2.75, 3.05) is 59.1 Å². The van der Waals surface area contributed by atoms with E-state index in [0.717, 1.165) is 69.8 Å². The molecule has 2 N–H and O–H groups in total. The van der Waals surface area contributed by atoms with Crippen LogP contribution in [0.2, 0.25) is 0 Å². The first-order valence-electron chi connectivity index (χ1n) is 11.9. The van der Waals surface area contributed by atoms with Crippen LogP contribution in [0.25, 0.3) is 0 Å². The molecule has 31 heavy (non-hydrogen) atoms. The summed E-state index contributed by atoms with van der Waals surface area (Å²) < 4.78 is 11.5. The minimum atomic E-state index is 0.417. The maximum Gasteiger partial charge on any atom is 0.191 e. The summed E-state index contributed by atoms with van der Waals surface area (Å²) in [6, 6.07) is 9.23. The molecule has 2 heterocycles. The Morgan fingerprint density at radius 1 is 1.23 bits per heavy atom. The van der Waals surface area contributed by atoms with Crippen LogP contribution in [-0.4, -0.2) is 86.9 Å². The molecule has 0 aliphatic carbocycles. The van der Waals surface area contributed by atoms with Crippen LogP contribution in [0.15, 0.2) is 29.3 Å². The van der Waals surface area contributed by atoms with Crippen molar-refractivity contribution in [3.05, 3.63) is 29.8 Å². The third-order valence-corrected chi connectivity index (χ3v) is 6.19. The number of aliphatic imine (C=N–C) groups is 1. The number of morpholine rings is 1. The third kappa shape index (κ3) is 7.37. The number of hydrogen-bond acceptors (Lipinski definition) is 5. The van der Waals surface area contributed by atoms with E-state index >= 15 is 0 Å². The van der Waals surface area contributed by atoms with Crippen LogP contribution >= 0.6 is 0 Å². The molecule has 1 aromatic rings. The number of nitrogens with one attached hydrogen (secondary N) is 2. The smallest absolute Gasteiger partial charge is 0.191 e. The van der Waals surface area contributed by atoms with Gasteiger partial charge in [-0.1, -0.05) is 25.1 Å². The van der Waals surface area contributed by atoms with E-state index in [0.29, 0.717) is 31.2 Å². The first kappa shape index (κ1) is 23.8. The Morgan fingerprint density at radius 3 is 2.71 bits per heavy atom. The second kappa shape index (κ2) is 12.3. The molecule has 2 atom stereocenters. The van der Waals surface area contributed by atoms with Crippen LogP contribution in [0.1, 0.15) is 33.3 Å². The topological polar surface area (TPSA) is 61.4 Å². The molecule has 2 saturated heterocycles. The molecule has 3 rings (SSSR count). The first-order valence-corrected chi connectivity index (χ1v) is 11.9. The molecule has 0 aromatic heterocycles. The zero-order valence-electron chi connectivity index (χ0n) is 19.8. The first-order chi connectivity index (χ1) is 15.1. The van der Waals surface area contributed by atoms with Gasteiger partial charge >= 0.3 is 0 Å². The Hall–Kier alpha value is -1.83. The molecule has 0 spiro atoms. The zero-order valence-corrected chi connectivity index (χ0v) is 19.8. The van der Waals surface area contributed by atoms with Gasteiger partial charge in [0.05, 0.1) is 19.8 Å². The highest BCUT2D eigenvalue weighted by molar-refractivity contribution is 5.80. The van der Waals surface area contributed by atoms with Gasteiger partial charge in [-0.25, -0.2) is 4.99 Å². The molecule has 174 valence electrons. The molecule has 2 unspecified atom stereocenters. The molecule has 7 nitrogen and oxygen atoms in total. The maximum absolute atomic E-state index is 6.12. The number of para-hydroxylation sites is 1. The summed E-state index contributed by atoms with van der Waals surface area (Å²) in [5.74, 6) is 2.41. The highest BCUT2D eigenvalue weighted by atomic mass is 16.5. The van der Waals surface area contributed by atoms with Crippen LogP contribution in [0.5, 0.6) is 5.75 Å². The fourth-order valence-corrected chi connectivity index (χ4v) is 4.16. The summed E-state index contributed by atoms with van der Waals surface area (Å²) in [6.07, 6.45) is 0. The van der Waals surface area contributed by atoms with Gasteiger partial charge in [0, 0.05) is 56.9 Å². The molecule has 1 aromatic carbocycles. The van der Waals surface area contributed by atoms with E-state index in [2.05, 4.69) is 60.3 Å². The lowest BCUT2D eigenvalue weighted by molar-refractivity contribution is 0.0322. The summed E-state index contributed by atoms with van der Waals surface area (Å²) in [5, 5.41) is 7.08. The molecule has 2 aliphatic rings. The molecule has 0 bridgehead atoms. The van der Waals surface area contributed by atoms with Gasteiger partial charge in [0.15, 0.2) is 5.96 Å². The van der Waals surface area contributed by atoms with Crippen molar-refractivity contribution in [1.82, 2.24) is 20.4 Å². The highest BCUT2D eigenvalue weighted by Gasteiger charge is 2.31. The largest absolute Gasteiger partial charge is 0.492 e. The molecule has 0 saturated carbocycles. The summed E-state index contributed by atoms with van der Waals surface area (Å²) >= 11 is 0. The van der Waals surface area contributed by atoms with Gasteiger partial charge in [0.1, 0.15) is 12.4 Å². The monoisotopic (exact) mass is 431 g/mol. The summed E-state index contributed by atoms with van der Waals surface area (Å²) in [5.41, 5.74) is 1.12. The summed E-state index contributed by atoms with van der Waals surface area (Å²) in [7, 11) is 0. The zero-order chi connectivity index (χ0) is 22.1. The highest BCUT2D eigenvalue weighted by Crippen LogP contribution is 2.20. The third-order valence-electron chi connectivity index (χ3n) is 6.19. The Balaban J connectivity index is 1.56. The molecule has 2 fully saturated rings. The van der Waals surface area contributed by atoms with Crippen LogP contribution in [-0.2, 0) is 11.3 Å². The van der Waals surface area contributed by atoms with Crippen molar-refractivity contribution < 1.29 is 9.47 Å². The predicted molar refractivity (Wildman–Crippen MR) is 127 cm³/mol.